The maximum atomic E-state index is 10.2. The number of carbonyl (C=O) groups excluding carboxylic acids is 1. The highest BCUT2D eigenvalue weighted by molar-refractivity contribution is 7.13. The molecule has 1 aromatic heterocycles. The van der Waals surface area contributed by atoms with Crippen LogP contribution in [0.15, 0.2) is 24.4 Å². The van der Waals surface area contributed by atoms with Crippen molar-refractivity contribution in [2.75, 3.05) is 0 Å². The number of aryl methyl sites for hydroxylation is 1. The SMILES string of the molecule is O=CCCc1ccc2cnsc2c1. The molecule has 0 amide bonds. The van der Waals surface area contributed by atoms with E-state index >= 15 is 0 Å². The number of hydrogen-bond donors (Lipinski definition) is 0. The third-order valence-corrected chi connectivity index (χ3v) is 2.73. The van der Waals surface area contributed by atoms with Crippen LogP contribution >= 0.6 is 11.5 Å². The minimum Gasteiger partial charge on any atom is -0.303 e. The lowest BCUT2D eigenvalue weighted by atomic mass is 10.1. The number of fused-ring (bicyclic) bond motifs is 1. The van der Waals surface area contributed by atoms with Crippen molar-refractivity contribution in [3.05, 3.63) is 30.0 Å². The summed E-state index contributed by atoms with van der Waals surface area (Å²) < 4.78 is 5.29. The molecule has 0 N–H and O–H groups in total. The summed E-state index contributed by atoms with van der Waals surface area (Å²) in [5.41, 5.74) is 1.21. The van der Waals surface area contributed by atoms with Gasteiger partial charge in [0.15, 0.2) is 0 Å². The number of benzene rings is 1. The van der Waals surface area contributed by atoms with Gasteiger partial charge in [0.1, 0.15) is 6.29 Å². The molecule has 0 aliphatic rings. The number of hydrogen-bond acceptors (Lipinski definition) is 3. The molecule has 1 aromatic carbocycles. The predicted octanol–water partition coefficient (Wildman–Crippen LogP) is 2.43. The molecular formula is C10H9NOS. The third kappa shape index (κ3) is 1.75. The van der Waals surface area contributed by atoms with Gasteiger partial charge in [-0.05, 0) is 29.6 Å². The normalized spacial score (nSPS) is 10.5. The first-order chi connectivity index (χ1) is 6.40. The van der Waals surface area contributed by atoms with Crippen LogP contribution < -0.4 is 0 Å². The van der Waals surface area contributed by atoms with E-state index in [-0.39, 0.29) is 0 Å². The van der Waals surface area contributed by atoms with E-state index in [0.29, 0.717) is 6.42 Å². The molecule has 0 saturated heterocycles. The van der Waals surface area contributed by atoms with E-state index in [1.54, 1.807) is 0 Å². The Morgan fingerprint density at radius 3 is 3.23 bits per heavy atom. The molecule has 0 fully saturated rings. The molecule has 0 spiro atoms. The van der Waals surface area contributed by atoms with Gasteiger partial charge >= 0.3 is 0 Å². The van der Waals surface area contributed by atoms with Gasteiger partial charge in [-0.15, -0.1) is 0 Å². The first-order valence-electron chi connectivity index (χ1n) is 4.17. The summed E-state index contributed by atoms with van der Waals surface area (Å²) in [6.07, 6.45) is 4.25. The summed E-state index contributed by atoms with van der Waals surface area (Å²) in [6.45, 7) is 0. The standard InChI is InChI=1S/C10H9NOS/c12-5-1-2-8-3-4-9-7-11-13-10(9)6-8/h3-7H,1-2H2. The Hall–Kier alpha value is -1.22. The highest BCUT2D eigenvalue weighted by Gasteiger charge is 1.97. The Balaban J connectivity index is 2.31. The van der Waals surface area contributed by atoms with Gasteiger partial charge in [-0.2, -0.15) is 4.37 Å². The summed E-state index contributed by atoms with van der Waals surface area (Å²) in [4.78, 5) is 10.2. The largest absolute Gasteiger partial charge is 0.303 e. The zero-order valence-electron chi connectivity index (χ0n) is 7.06. The second-order valence-corrected chi connectivity index (χ2v) is 3.74. The highest BCUT2D eigenvalue weighted by atomic mass is 32.1. The van der Waals surface area contributed by atoms with Crippen LogP contribution in [0.1, 0.15) is 12.0 Å². The summed E-state index contributed by atoms with van der Waals surface area (Å²) in [5, 5.41) is 1.18. The predicted molar refractivity (Wildman–Crippen MR) is 54.0 cm³/mol. The van der Waals surface area contributed by atoms with Crippen LogP contribution in [0.3, 0.4) is 0 Å². The average molecular weight is 191 g/mol. The molecule has 2 nitrogen and oxygen atoms in total. The Morgan fingerprint density at radius 1 is 1.46 bits per heavy atom. The number of carbonyl (C=O) groups is 1. The number of nitrogens with zero attached hydrogens (tertiary/aromatic N) is 1. The fourth-order valence-corrected chi connectivity index (χ4v) is 2.00. The topological polar surface area (TPSA) is 30.0 Å². The van der Waals surface area contributed by atoms with Gasteiger partial charge < -0.3 is 4.79 Å². The van der Waals surface area contributed by atoms with Gasteiger partial charge in [-0.1, -0.05) is 12.1 Å². The van der Waals surface area contributed by atoms with Crippen molar-refractivity contribution in [3.8, 4) is 0 Å². The molecule has 3 heteroatoms. The van der Waals surface area contributed by atoms with Crippen LogP contribution in [0.25, 0.3) is 10.1 Å². The van der Waals surface area contributed by atoms with Gasteiger partial charge in [-0.3, -0.25) is 0 Å². The summed E-state index contributed by atoms with van der Waals surface area (Å²) in [6, 6.07) is 6.22. The van der Waals surface area contributed by atoms with E-state index in [1.807, 2.05) is 6.20 Å². The van der Waals surface area contributed by atoms with Crippen LogP contribution in [0.5, 0.6) is 0 Å². The Kier molecular flexibility index (Phi) is 2.36. The van der Waals surface area contributed by atoms with Crippen LogP contribution in [-0.2, 0) is 11.2 Å². The maximum absolute atomic E-state index is 10.2. The Bertz CT molecular complexity index is 422. The molecule has 0 atom stereocenters. The number of aromatic nitrogens is 1. The first-order valence-corrected chi connectivity index (χ1v) is 4.94. The summed E-state index contributed by atoms with van der Waals surface area (Å²) in [5.74, 6) is 0. The molecule has 0 unspecified atom stereocenters. The zero-order chi connectivity index (χ0) is 9.10. The molecule has 0 bridgehead atoms. The van der Waals surface area contributed by atoms with E-state index in [4.69, 9.17) is 0 Å². The lowest BCUT2D eigenvalue weighted by Crippen LogP contribution is -1.84. The van der Waals surface area contributed by atoms with Gasteiger partial charge in [0.25, 0.3) is 0 Å². The quantitative estimate of drug-likeness (QED) is 0.697. The van der Waals surface area contributed by atoms with Crippen molar-refractivity contribution in [1.82, 2.24) is 4.37 Å². The second-order valence-electron chi connectivity index (χ2n) is 2.90. The van der Waals surface area contributed by atoms with Gasteiger partial charge in [0, 0.05) is 18.0 Å². The number of rotatable bonds is 3. The van der Waals surface area contributed by atoms with Crippen molar-refractivity contribution in [3.63, 3.8) is 0 Å². The van der Waals surface area contributed by atoms with Crippen molar-refractivity contribution >= 4 is 27.9 Å². The molecule has 2 rings (SSSR count). The fraction of sp³-hybridized carbons (Fsp3) is 0.200. The molecule has 0 radical (unpaired) electrons. The van der Waals surface area contributed by atoms with Gasteiger partial charge in [0.05, 0.1) is 4.70 Å². The van der Waals surface area contributed by atoms with Crippen LogP contribution in [0.2, 0.25) is 0 Å². The maximum Gasteiger partial charge on any atom is 0.120 e. The van der Waals surface area contributed by atoms with Gasteiger partial charge in [0.2, 0.25) is 0 Å². The van der Waals surface area contributed by atoms with Gasteiger partial charge in [-0.25, -0.2) is 0 Å². The van der Waals surface area contributed by atoms with Crippen molar-refractivity contribution in [2.24, 2.45) is 0 Å². The molecule has 1 heterocycles. The first kappa shape index (κ1) is 8.38. The number of aldehydes is 1. The lowest BCUT2D eigenvalue weighted by Gasteiger charge is -1.96. The van der Waals surface area contributed by atoms with Crippen molar-refractivity contribution in [1.29, 1.82) is 0 Å². The molecule has 66 valence electrons. The van der Waals surface area contributed by atoms with Crippen molar-refractivity contribution in [2.45, 2.75) is 12.8 Å². The van der Waals surface area contributed by atoms with E-state index < -0.39 is 0 Å². The summed E-state index contributed by atoms with van der Waals surface area (Å²) >= 11 is 1.50. The average Bonchev–Trinajstić information content (AvgIpc) is 2.61. The minimum absolute atomic E-state index is 0.601. The molecule has 0 saturated carbocycles. The van der Waals surface area contributed by atoms with E-state index in [2.05, 4.69) is 22.6 Å². The zero-order valence-corrected chi connectivity index (χ0v) is 7.88. The smallest absolute Gasteiger partial charge is 0.120 e. The monoisotopic (exact) mass is 191 g/mol. The van der Waals surface area contributed by atoms with Crippen LogP contribution in [-0.4, -0.2) is 10.7 Å². The van der Waals surface area contributed by atoms with Crippen molar-refractivity contribution < 1.29 is 4.79 Å². The van der Waals surface area contributed by atoms with E-state index in [1.165, 1.54) is 27.2 Å². The molecule has 2 aromatic rings. The Morgan fingerprint density at radius 2 is 2.38 bits per heavy atom. The molecule has 0 aliphatic carbocycles. The molecular weight excluding hydrogens is 182 g/mol. The fourth-order valence-electron chi connectivity index (χ4n) is 1.29. The lowest BCUT2D eigenvalue weighted by molar-refractivity contribution is -0.107. The van der Waals surface area contributed by atoms with E-state index in [9.17, 15) is 4.79 Å². The van der Waals surface area contributed by atoms with Crippen LogP contribution in [0.4, 0.5) is 0 Å². The van der Waals surface area contributed by atoms with E-state index in [0.717, 1.165) is 12.7 Å². The summed E-state index contributed by atoms with van der Waals surface area (Å²) in [7, 11) is 0. The van der Waals surface area contributed by atoms with Crippen LogP contribution in [0, 0.1) is 0 Å². The second kappa shape index (κ2) is 3.66. The Labute approximate surface area is 80.4 Å². The minimum atomic E-state index is 0.601. The third-order valence-electron chi connectivity index (χ3n) is 1.97. The molecule has 13 heavy (non-hydrogen) atoms. The highest BCUT2D eigenvalue weighted by Crippen LogP contribution is 2.19. The molecule has 0 aliphatic heterocycles.